The third-order valence-electron chi connectivity index (χ3n) is 1.94. The highest BCUT2D eigenvalue weighted by atomic mass is 35.5. The monoisotopic (exact) mass is 197 g/mol. The van der Waals surface area contributed by atoms with Crippen LogP contribution in [0, 0.1) is 0 Å². The third-order valence-corrected chi connectivity index (χ3v) is 2.96. The van der Waals surface area contributed by atoms with Crippen LogP contribution in [0.3, 0.4) is 0 Å². The molecule has 11 heavy (non-hydrogen) atoms. The highest BCUT2D eigenvalue weighted by Crippen LogP contribution is 2.14. The summed E-state index contributed by atoms with van der Waals surface area (Å²) in [5.74, 6) is 1.18. The topological polar surface area (TPSA) is 12.0 Å². The molecule has 0 spiro atoms. The molecule has 0 aliphatic carbocycles. The van der Waals surface area contributed by atoms with E-state index in [2.05, 4.69) is 19.2 Å². The average Bonchev–Trinajstić information content (AvgIpc) is 2.08. The Kier molecular flexibility index (Phi) is 6.40. The Morgan fingerprint density at radius 3 is 2.00 bits per heavy atom. The van der Waals surface area contributed by atoms with Crippen LogP contribution in [0.15, 0.2) is 0 Å². The van der Waals surface area contributed by atoms with Gasteiger partial charge < -0.3 is 5.32 Å². The molecule has 0 heterocycles. The number of nitrogens with one attached hydrogen (secondary N) is 1. The van der Waals surface area contributed by atoms with E-state index >= 15 is 0 Å². The van der Waals surface area contributed by atoms with Crippen molar-refractivity contribution in [3.05, 3.63) is 0 Å². The first-order valence-corrected chi connectivity index (χ1v) is 5.18. The normalized spacial score (nSPS) is 12.0. The van der Waals surface area contributed by atoms with Crippen molar-refractivity contribution in [1.82, 2.24) is 5.32 Å². The fourth-order valence-electron chi connectivity index (χ4n) is 0.834. The van der Waals surface area contributed by atoms with Gasteiger partial charge in [0, 0.05) is 17.3 Å². The molecule has 0 aliphatic rings. The lowest BCUT2D eigenvalue weighted by molar-refractivity contribution is 0.387. The summed E-state index contributed by atoms with van der Waals surface area (Å²) < 4.78 is 0. The second kappa shape index (κ2) is 6.10. The Hall–Kier alpha value is 0.540. The number of alkyl halides is 2. The Bertz CT molecular complexity index is 83.8. The summed E-state index contributed by atoms with van der Waals surface area (Å²) in [6, 6.07) is 0. The van der Waals surface area contributed by atoms with Crippen molar-refractivity contribution >= 4 is 23.2 Å². The minimum atomic E-state index is -0.0425. The molecule has 0 aromatic rings. The van der Waals surface area contributed by atoms with E-state index in [1.165, 1.54) is 0 Å². The van der Waals surface area contributed by atoms with Crippen LogP contribution < -0.4 is 5.32 Å². The van der Waals surface area contributed by atoms with Gasteiger partial charge in [-0.1, -0.05) is 13.8 Å². The summed E-state index contributed by atoms with van der Waals surface area (Å²) in [4.78, 5) is 0. The van der Waals surface area contributed by atoms with Gasteiger partial charge in [-0.25, -0.2) is 0 Å². The lowest BCUT2D eigenvalue weighted by atomic mass is 10.0. The van der Waals surface area contributed by atoms with Gasteiger partial charge in [-0.2, -0.15) is 0 Å². The molecule has 0 aromatic carbocycles. The Balaban J connectivity index is 3.84. The molecular weight excluding hydrogens is 181 g/mol. The van der Waals surface area contributed by atoms with Gasteiger partial charge in [-0.15, -0.1) is 23.2 Å². The van der Waals surface area contributed by atoms with Crippen LogP contribution in [0.5, 0.6) is 0 Å². The number of rotatable bonds is 6. The van der Waals surface area contributed by atoms with Crippen molar-refractivity contribution < 1.29 is 0 Å². The summed E-state index contributed by atoms with van der Waals surface area (Å²) in [6.45, 7) is 5.23. The van der Waals surface area contributed by atoms with Gasteiger partial charge in [0.05, 0.1) is 0 Å². The number of hydrogen-bond acceptors (Lipinski definition) is 1. The lowest BCUT2D eigenvalue weighted by Gasteiger charge is -2.29. The largest absolute Gasteiger partial charge is 0.309 e. The molecule has 68 valence electrons. The maximum absolute atomic E-state index is 5.81. The number of hydrogen-bond donors (Lipinski definition) is 1. The molecule has 0 atom stereocenters. The van der Waals surface area contributed by atoms with Gasteiger partial charge in [-0.3, -0.25) is 0 Å². The minimum Gasteiger partial charge on any atom is -0.309 e. The van der Waals surface area contributed by atoms with Crippen molar-refractivity contribution in [2.24, 2.45) is 0 Å². The predicted octanol–water partition coefficient (Wildman–Crippen LogP) is 2.61. The van der Waals surface area contributed by atoms with Gasteiger partial charge in [0.1, 0.15) is 0 Å². The Morgan fingerprint density at radius 1 is 1.18 bits per heavy atom. The van der Waals surface area contributed by atoms with Crippen molar-refractivity contribution in [1.29, 1.82) is 0 Å². The van der Waals surface area contributed by atoms with E-state index in [4.69, 9.17) is 23.2 Å². The molecule has 1 N–H and O–H groups in total. The molecule has 0 bridgehead atoms. The zero-order valence-corrected chi connectivity index (χ0v) is 8.80. The van der Waals surface area contributed by atoms with E-state index < -0.39 is 0 Å². The van der Waals surface area contributed by atoms with E-state index in [-0.39, 0.29) is 5.54 Å². The smallest absolute Gasteiger partial charge is 0.0451 e. The van der Waals surface area contributed by atoms with Crippen LogP contribution in [-0.2, 0) is 0 Å². The lowest BCUT2D eigenvalue weighted by Crippen LogP contribution is -2.48. The molecular formula is C8H17Cl2N. The quantitative estimate of drug-likeness (QED) is 0.647. The average molecular weight is 198 g/mol. The van der Waals surface area contributed by atoms with Crippen molar-refractivity contribution in [3.8, 4) is 0 Å². The van der Waals surface area contributed by atoms with Gasteiger partial charge >= 0.3 is 0 Å². The standard InChI is InChI=1S/C8H17Cl2N/c1-3-5-11-8(4-2,6-9)7-10/h11H,3-7H2,1-2H3. The van der Waals surface area contributed by atoms with Gasteiger partial charge in [0.2, 0.25) is 0 Å². The molecule has 0 saturated carbocycles. The van der Waals surface area contributed by atoms with Gasteiger partial charge in [-0.05, 0) is 19.4 Å². The van der Waals surface area contributed by atoms with Crippen LogP contribution in [0.4, 0.5) is 0 Å². The Morgan fingerprint density at radius 2 is 1.73 bits per heavy atom. The first kappa shape index (κ1) is 11.5. The summed E-state index contributed by atoms with van der Waals surface area (Å²) in [7, 11) is 0. The molecule has 3 heteroatoms. The fourth-order valence-corrected chi connectivity index (χ4v) is 1.69. The second-order valence-corrected chi connectivity index (χ2v) is 3.36. The van der Waals surface area contributed by atoms with E-state index in [9.17, 15) is 0 Å². The molecule has 0 rings (SSSR count). The molecule has 0 fully saturated rings. The highest BCUT2D eigenvalue weighted by Gasteiger charge is 2.24. The summed E-state index contributed by atoms with van der Waals surface area (Å²) in [5, 5.41) is 3.37. The second-order valence-electron chi connectivity index (χ2n) is 2.83. The van der Waals surface area contributed by atoms with Crippen LogP contribution in [0.1, 0.15) is 26.7 Å². The van der Waals surface area contributed by atoms with Crippen LogP contribution in [-0.4, -0.2) is 23.8 Å². The zero-order chi connectivity index (χ0) is 8.74. The van der Waals surface area contributed by atoms with Crippen LogP contribution in [0.2, 0.25) is 0 Å². The minimum absolute atomic E-state index is 0.0425. The first-order chi connectivity index (χ1) is 5.24. The fraction of sp³-hybridized carbons (Fsp3) is 1.00. The molecule has 0 amide bonds. The summed E-state index contributed by atoms with van der Waals surface area (Å²) in [5.41, 5.74) is -0.0425. The molecule has 1 nitrogen and oxygen atoms in total. The Labute approximate surface area is 79.5 Å². The van der Waals surface area contributed by atoms with Crippen LogP contribution in [0.25, 0.3) is 0 Å². The first-order valence-electron chi connectivity index (χ1n) is 4.11. The van der Waals surface area contributed by atoms with Crippen molar-refractivity contribution in [3.63, 3.8) is 0 Å². The van der Waals surface area contributed by atoms with Crippen LogP contribution >= 0.6 is 23.2 Å². The SMILES string of the molecule is CCCNC(CC)(CCl)CCl. The predicted molar refractivity (Wildman–Crippen MR) is 52.8 cm³/mol. The molecule has 0 saturated heterocycles. The van der Waals surface area contributed by atoms with E-state index in [0.717, 1.165) is 19.4 Å². The highest BCUT2D eigenvalue weighted by molar-refractivity contribution is 6.22. The van der Waals surface area contributed by atoms with E-state index in [0.29, 0.717) is 11.8 Å². The molecule has 0 aromatic heterocycles. The van der Waals surface area contributed by atoms with E-state index in [1.54, 1.807) is 0 Å². The summed E-state index contributed by atoms with van der Waals surface area (Å²) in [6.07, 6.45) is 2.11. The van der Waals surface area contributed by atoms with E-state index in [1.807, 2.05) is 0 Å². The zero-order valence-electron chi connectivity index (χ0n) is 7.29. The van der Waals surface area contributed by atoms with Crippen molar-refractivity contribution in [2.75, 3.05) is 18.3 Å². The molecule has 0 unspecified atom stereocenters. The van der Waals surface area contributed by atoms with Gasteiger partial charge in [0.15, 0.2) is 0 Å². The molecule has 0 radical (unpaired) electrons. The summed E-state index contributed by atoms with van der Waals surface area (Å²) >= 11 is 11.6. The van der Waals surface area contributed by atoms with Gasteiger partial charge in [0.25, 0.3) is 0 Å². The third kappa shape index (κ3) is 3.64. The maximum atomic E-state index is 5.81. The van der Waals surface area contributed by atoms with Crippen molar-refractivity contribution in [2.45, 2.75) is 32.2 Å². The molecule has 0 aliphatic heterocycles. The maximum Gasteiger partial charge on any atom is 0.0451 e. The number of halogens is 2.